The van der Waals surface area contributed by atoms with Crippen molar-refractivity contribution in [1.29, 1.82) is 0 Å². The van der Waals surface area contributed by atoms with E-state index < -0.39 is 6.04 Å². The fourth-order valence-electron chi connectivity index (χ4n) is 4.11. The van der Waals surface area contributed by atoms with Gasteiger partial charge in [0.25, 0.3) is 5.91 Å². The summed E-state index contributed by atoms with van der Waals surface area (Å²) in [5, 5.41) is 17.8. The lowest BCUT2D eigenvalue weighted by Gasteiger charge is -2.25. The zero-order valence-corrected chi connectivity index (χ0v) is 17.1. The van der Waals surface area contributed by atoms with Gasteiger partial charge in [-0.05, 0) is 48.9 Å². The molecule has 1 aliphatic heterocycles. The van der Waals surface area contributed by atoms with Crippen molar-refractivity contribution in [1.82, 2.24) is 15.1 Å². The van der Waals surface area contributed by atoms with Crippen molar-refractivity contribution in [3.63, 3.8) is 0 Å². The molecule has 2 N–H and O–H groups in total. The predicted molar refractivity (Wildman–Crippen MR) is 114 cm³/mol. The van der Waals surface area contributed by atoms with Crippen molar-refractivity contribution in [2.45, 2.75) is 19.5 Å². The highest BCUT2D eigenvalue weighted by Crippen LogP contribution is 2.45. The summed E-state index contributed by atoms with van der Waals surface area (Å²) in [5.41, 5.74) is 4.21. The number of carbonyl (C=O) groups excluding carboxylic acids is 1. The number of aryl methyl sites for hydroxylation is 1. The molecule has 1 amide bonds. The smallest absolute Gasteiger partial charge is 0.273 e. The van der Waals surface area contributed by atoms with Crippen LogP contribution in [0, 0.1) is 6.92 Å². The lowest BCUT2D eigenvalue weighted by molar-refractivity contribution is 0.0717. The van der Waals surface area contributed by atoms with Crippen LogP contribution in [0.2, 0.25) is 0 Å². The van der Waals surface area contributed by atoms with Gasteiger partial charge in [-0.3, -0.25) is 9.89 Å². The molecule has 7 nitrogen and oxygen atoms in total. The Labute approximate surface area is 178 Å². The van der Waals surface area contributed by atoms with Crippen LogP contribution in [0.25, 0.3) is 11.3 Å². The fourth-order valence-corrected chi connectivity index (χ4v) is 4.11. The Hall–Kier alpha value is -4.00. The molecule has 0 saturated heterocycles. The van der Waals surface area contributed by atoms with Gasteiger partial charge in [0.2, 0.25) is 0 Å². The lowest BCUT2D eigenvalue weighted by atomic mass is 9.95. The second kappa shape index (κ2) is 7.36. The van der Waals surface area contributed by atoms with Crippen LogP contribution in [0.1, 0.15) is 39.0 Å². The number of rotatable bonds is 5. The van der Waals surface area contributed by atoms with Gasteiger partial charge < -0.3 is 19.2 Å². The molecule has 0 unspecified atom stereocenters. The quantitative estimate of drug-likeness (QED) is 0.503. The Morgan fingerprint density at radius 1 is 1.19 bits per heavy atom. The summed E-state index contributed by atoms with van der Waals surface area (Å²) in [6.45, 7) is 2.26. The molecule has 5 rings (SSSR count). The summed E-state index contributed by atoms with van der Waals surface area (Å²) in [7, 11) is 1.62. The molecule has 31 heavy (non-hydrogen) atoms. The highest BCUT2D eigenvalue weighted by molar-refractivity contribution is 6.00. The average molecular weight is 415 g/mol. The molecule has 0 aliphatic carbocycles. The van der Waals surface area contributed by atoms with Gasteiger partial charge in [0.1, 0.15) is 28.6 Å². The number of H-pyrrole nitrogens is 1. The van der Waals surface area contributed by atoms with E-state index in [2.05, 4.69) is 10.2 Å². The SMILES string of the molecule is COc1ccc([C@H]2c3c(-c4cc(C)ccc4O)n[nH]c3C(=O)N2Cc2ccco2)cc1. The average Bonchev–Trinajstić information content (AvgIpc) is 3.50. The standard InChI is InChI=1S/C24H21N3O4/c1-14-5-10-19(28)18(12-14)21-20-22(26-25-21)24(29)27(13-17-4-3-11-31-17)23(20)15-6-8-16(30-2)9-7-15/h3-12,23,28H,13H2,1-2H3,(H,25,26)/t23-/m0/s1. The normalized spacial score (nSPS) is 15.4. The zero-order chi connectivity index (χ0) is 21.5. The molecular weight excluding hydrogens is 394 g/mol. The Kier molecular flexibility index (Phi) is 4.51. The first kappa shape index (κ1) is 19.0. The van der Waals surface area contributed by atoms with Gasteiger partial charge in [0, 0.05) is 11.1 Å². The van der Waals surface area contributed by atoms with E-state index in [0.29, 0.717) is 29.3 Å². The first-order valence-corrected chi connectivity index (χ1v) is 9.92. The number of hydrogen-bond donors (Lipinski definition) is 2. The van der Waals surface area contributed by atoms with Crippen LogP contribution in [0.3, 0.4) is 0 Å². The number of aromatic hydroxyl groups is 1. The van der Waals surface area contributed by atoms with Crippen LogP contribution in [0.5, 0.6) is 11.5 Å². The number of ether oxygens (including phenoxy) is 1. The number of nitrogens with zero attached hydrogens (tertiary/aromatic N) is 2. The minimum Gasteiger partial charge on any atom is -0.507 e. The molecule has 0 saturated carbocycles. The molecule has 0 radical (unpaired) electrons. The van der Waals surface area contributed by atoms with Gasteiger partial charge >= 0.3 is 0 Å². The molecule has 1 aliphatic rings. The van der Waals surface area contributed by atoms with Gasteiger partial charge in [-0.2, -0.15) is 5.10 Å². The summed E-state index contributed by atoms with van der Waals surface area (Å²) >= 11 is 0. The molecular formula is C24H21N3O4. The van der Waals surface area contributed by atoms with Crippen molar-refractivity contribution >= 4 is 5.91 Å². The van der Waals surface area contributed by atoms with Crippen LogP contribution < -0.4 is 4.74 Å². The Morgan fingerprint density at radius 2 is 2.00 bits per heavy atom. The number of benzene rings is 2. The van der Waals surface area contributed by atoms with Gasteiger partial charge in [-0.15, -0.1) is 0 Å². The van der Waals surface area contributed by atoms with Crippen LogP contribution in [0.4, 0.5) is 0 Å². The van der Waals surface area contributed by atoms with Gasteiger partial charge in [-0.25, -0.2) is 0 Å². The van der Waals surface area contributed by atoms with Crippen LogP contribution in [0.15, 0.2) is 65.3 Å². The molecule has 7 heteroatoms. The molecule has 2 aromatic heterocycles. The van der Waals surface area contributed by atoms with E-state index in [1.165, 1.54) is 0 Å². The van der Waals surface area contributed by atoms with Crippen molar-refractivity contribution < 1.29 is 19.1 Å². The molecule has 2 aromatic carbocycles. The second-order valence-corrected chi connectivity index (χ2v) is 7.57. The van der Waals surface area contributed by atoms with Crippen LogP contribution in [-0.4, -0.2) is 33.2 Å². The van der Waals surface area contributed by atoms with Gasteiger partial charge in [0.05, 0.1) is 26.0 Å². The molecule has 0 fully saturated rings. The third-order valence-corrected chi connectivity index (χ3v) is 5.61. The number of phenols is 1. The Morgan fingerprint density at radius 3 is 2.71 bits per heavy atom. The lowest BCUT2D eigenvalue weighted by Crippen LogP contribution is -2.28. The van der Waals surface area contributed by atoms with Crippen LogP contribution >= 0.6 is 0 Å². The summed E-state index contributed by atoms with van der Waals surface area (Å²) < 4.78 is 10.8. The summed E-state index contributed by atoms with van der Waals surface area (Å²) in [4.78, 5) is 15.1. The van der Waals surface area contributed by atoms with Crippen molar-refractivity contribution in [3.8, 4) is 22.8 Å². The number of aromatic amines is 1. The third kappa shape index (κ3) is 3.15. The molecule has 3 heterocycles. The Bertz CT molecular complexity index is 1240. The summed E-state index contributed by atoms with van der Waals surface area (Å²) in [6, 6.07) is 16.2. The molecule has 156 valence electrons. The van der Waals surface area contributed by atoms with Crippen molar-refractivity contribution in [2.24, 2.45) is 0 Å². The van der Waals surface area contributed by atoms with E-state index in [-0.39, 0.29) is 11.7 Å². The number of amides is 1. The number of carbonyl (C=O) groups is 1. The number of nitrogens with one attached hydrogen (secondary N) is 1. The maximum Gasteiger partial charge on any atom is 0.273 e. The fraction of sp³-hybridized carbons (Fsp3) is 0.167. The Balaban J connectivity index is 1.67. The molecule has 0 bridgehead atoms. The number of fused-ring (bicyclic) bond motifs is 1. The minimum absolute atomic E-state index is 0.116. The van der Waals surface area contributed by atoms with Gasteiger partial charge in [0.15, 0.2) is 0 Å². The zero-order valence-electron chi connectivity index (χ0n) is 17.1. The number of furan rings is 1. The minimum atomic E-state index is -0.396. The van der Waals surface area contributed by atoms with E-state index in [4.69, 9.17) is 9.15 Å². The monoisotopic (exact) mass is 415 g/mol. The number of hydrogen-bond acceptors (Lipinski definition) is 5. The van der Waals surface area contributed by atoms with Crippen LogP contribution in [-0.2, 0) is 6.54 Å². The van der Waals surface area contributed by atoms with E-state index >= 15 is 0 Å². The first-order valence-electron chi connectivity index (χ1n) is 9.92. The topological polar surface area (TPSA) is 91.6 Å². The number of methoxy groups -OCH3 is 1. The second-order valence-electron chi connectivity index (χ2n) is 7.57. The van der Waals surface area contributed by atoms with E-state index in [1.807, 2.05) is 49.4 Å². The van der Waals surface area contributed by atoms with E-state index in [0.717, 1.165) is 22.4 Å². The predicted octanol–water partition coefficient (Wildman–Crippen LogP) is 4.44. The molecule has 0 spiro atoms. The van der Waals surface area contributed by atoms with Gasteiger partial charge in [-0.1, -0.05) is 23.8 Å². The summed E-state index contributed by atoms with van der Waals surface area (Å²) in [5.74, 6) is 1.36. The highest BCUT2D eigenvalue weighted by atomic mass is 16.5. The summed E-state index contributed by atoms with van der Waals surface area (Å²) in [6.07, 6.45) is 1.59. The van der Waals surface area contributed by atoms with Crippen molar-refractivity contribution in [2.75, 3.05) is 7.11 Å². The highest BCUT2D eigenvalue weighted by Gasteiger charge is 2.42. The molecule has 4 aromatic rings. The maximum atomic E-state index is 13.4. The maximum absolute atomic E-state index is 13.4. The number of phenolic OH excluding ortho intramolecular Hbond substituents is 1. The first-order chi connectivity index (χ1) is 15.1. The largest absolute Gasteiger partial charge is 0.507 e. The van der Waals surface area contributed by atoms with E-state index in [9.17, 15) is 9.90 Å². The number of aromatic nitrogens is 2. The third-order valence-electron chi connectivity index (χ3n) is 5.61. The van der Waals surface area contributed by atoms with E-state index in [1.54, 1.807) is 30.4 Å². The van der Waals surface area contributed by atoms with Crippen molar-refractivity contribution in [3.05, 3.63) is 89.0 Å². The molecule has 1 atom stereocenters.